The second-order valence-electron chi connectivity index (χ2n) is 4.59. The van der Waals surface area contributed by atoms with Gasteiger partial charge in [0.15, 0.2) is 0 Å². The highest BCUT2D eigenvalue weighted by atomic mass is 35.5. The highest BCUT2D eigenvalue weighted by molar-refractivity contribution is 7.89. The van der Waals surface area contributed by atoms with Crippen LogP contribution in [0.5, 0.6) is 0 Å². The number of halogens is 2. The van der Waals surface area contributed by atoms with Crippen molar-refractivity contribution in [1.82, 2.24) is 4.72 Å². The number of hydrogen-bond donors (Lipinski definition) is 1. The van der Waals surface area contributed by atoms with E-state index in [-0.39, 0.29) is 22.0 Å². The largest absolute Gasteiger partial charge is 0.465 e. The SMILES string of the molecule is COC(=O)c1ccc(Cl)c(S(=O)(=O)NCc2ccc(Cl)cc2)c1. The fourth-order valence-corrected chi connectivity index (χ4v) is 3.48. The van der Waals surface area contributed by atoms with Gasteiger partial charge in [-0.1, -0.05) is 35.3 Å². The molecule has 2 rings (SSSR count). The van der Waals surface area contributed by atoms with E-state index >= 15 is 0 Å². The molecule has 0 atom stereocenters. The molecule has 0 fully saturated rings. The molecule has 0 aliphatic carbocycles. The van der Waals surface area contributed by atoms with Gasteiger partial charge >= 0.3 is 5.97 Å². The zero-order valence-electron chi connectivity index (χ0n) is 12.0. The van der Waals surface area contributed by atoms with Gasteiger partial charge in [0.1, 0.15) is 4.90 Å². The topological polar surface area (TPSA) is 72.5 Å². The first-order valence-corrected chi connectivity index (χ1v) is 8.69. The minimum absolute atomic E-state index is 0.0151. The van der Waals surface area contributed by atoms with Crippen LogP contribution in [0.15, 0.2) is 47.4 Å². The van der Waals surface area contributed by atoms with Crippen LogP contribution in [0.1, 0.15) is 15.9 Å². The molecule has 0 heterocycles. The molecule has 1 N–H and O–H groups in total. The third-order valence-electron chi connectivity index (χ3n) is 3.02. The van der Waals surface area contributed by atoms with Crippen LogP contribution in [0, 0.1) is 0 Å². The van der Waals surface area contributed by atoms with Crippen molar-refractivity contribution in [3.05, 3.63) is 63.6 Å². The highest BCUT2D eigenvalue weighted by Crippen LogP contribution is 2.23. The number of hydrogen-bond acceptors (Lipinski definition) is 4. The highest BCUT2D eigenvalue weighted by Gasteiger charge is 2.20. The zero-order chi connectivity index (χ0) is 17.0. The molecule has 0 saturated heterocycles. The second kappa shape index (κ2) is 7.31. The molecule has 2 aromatic carbocycles. The van der Waals surface area contributed by atoms with Crippen LogP contribution in [0.2, 0.25) is 10.0 Å². The normalized spacial score (nSPS) is 11.3. The molecular weight excluding hydrogens is 361 g/mol. The number of rotatable bonds is 5. The number of esters is 1. The van der Waals surface area contributed by atoms with E-state index in [1.54, 1.807) is 24.3 Å². The van der Waals surface area contributed by atoms with Crippen molar-refractivity contribution < 1.29 is 17.9 Å². The van der Waals surface area contributed by atoms with Crippen molar-refractivity contribution in [2.24, 2.45) is 0 Å². The summed E-state index contributed by atoms with van der Waals surface area (Å²) in [6.45, 7) is 0.0677. The van der Waals surface area contributed by atoms with Gasteiger partial charge in [-0.15, -0.1) is 0 Å². The Morgan fingerprint density at radius 1 is 1.13 bits per heavy atom. The lowest BCUT2D eigenvalue weighted by Crippen LogP contribution is -2.24. The van der Waals surface area contributed by atoms with Crippen molar-refractivity contribution in [3.8, 4) is 0 Å². The molecule has 23 heavy (non-hydrogen) atoms. The Bertz CT molecular complexity index is 820. The van der Waals surface area contributed by atoms with Crippen LogP contribution in [0.4, 0.5) is 0 Å². The summed E-state index contributed by atoms with van der Waals surface area (Å²) >= 11 is 11.7. The summed E-state index contributed by atoms with van der Waals surface area (Å²) in [6.07, 6.45) is 0. The molecule has 0 radical (unpaired) electrons. The summed E-state index contributed by atoms with van der Waals surface area (Å²) in [7, 11) is -2.67. The summed E-state index contributed by atoms with van der Waals surface area (Å²) in [4.78, 5) is 11.3. The predicted molar refractivity (Wildman–Crippen MR) is 88.3 cm³/mol. The van der Waals surface area contributed by atoms with Crippen LogP contribution in [0.25, 0.3) is 0 Å². The number of carbonyl (C=O) groups excluding carboxylic acids is 1. The number of carbonyl (C=O) groups is 1. The van der Waals surface area contributed by atoms with Gasteiger partial charge < -0.3 is 4.74 Å². The summed E-state index contributed by atoms with van der Waals surface area (Å²) in [5.41, 5.74) is 0.835. The molecule has 0 amide bonds. The molecule has 0 aliphatic heterocycles. The van der Waals surface area contributed by atoms with E-state index in [0.29, 0.717) is 5.02 Å². The third kappa shape index (κ3) is 4.45. The molecule has 122 valence electrons. The first-order chi connectivity index (χ1) is 10.8. The van der Waals surface area contributed by atoms with Crippen LogP contribution in [-0.2, 0) is 21.3 Å². The molecule has 0 saturated carbocycles. The lowest BCUT2D eigenvalue weighted by atomic mass is 10.2. The molecule has 0 bridgehead atoms. The predicted octanol–water partition coefficient (Wildman–Crippen LogP) is 3.26. The minimum Gasteiger partial charge on any atom is -0.465 e. The summed E-state index contributed by atoms with van der Waals surface area (Å²) in [5, 5.41) is 0.576. The van der Waals surface area contributed by atoms with Crippen LogP contribution in [0.3, 0.4) is 0 Å². The second-order valence-corrected chi connectivity index (χ2v) is 7.17. The van der Waals surface area contributed by atoms with E-state index in [2.05, 4.69) is 9.46 Å². The Balaban J connectivity index is 2.25. The van der Waals surface area contributed by atoms with Gasteiger partial charge in [0.05, 0.1) is 17.7 Å². The van der Waals surface area contributed by atoms with Gasteiger partial charge in [0, 0.05) is 11.6 Å². The van der Waals surface area contributed by atoms with E-state index in [1.807, 2.05) is 0 Å². The van der Waals surface area contributed by atoms with Crippen LogP contribution >= 0.6 is 23.2 Å². The molecular formula is C15H13Cl2NO4S. The number of benzene rings is 2. The standard InChI is InChI=1S/C15H13Cl2NO4S/c1-22-15(19)11-4-7-13(17)14(8-11)23(20,21)18-9-10-2-5-12(16)6-3-10/h2-8,18H,9H2,1H3. The lowest BCUT2D eigenvalue weighted by molar-refractivity contribution is 0.0600. The number of methoxy groups -OCH3 is 1. The average molecular weight is 374 g/mol. The van der Waals surface area contributed by atoms with E-state index in [4.69, 9.17) is 23.2 Å². The number of nitrogens with one attached hydrogen (secondary N) is 1. The van der Waals surface area contributed by atoms with Gasteiger partial charge in [0.2, 0.25) is 10.0 Å². The molecule has 0 aromatic heterocycles. The van der Waals surface area contributed by atoms with E-state index in [1.165, 1.54) is 25.3 Å². The molecule has 2 aromatic rings. The van der Waals surface area contributed by atoms with E-state index in [0.717, 1.165) is 5.56 Å². The molecule has 8 heteroatoms. The first-order valence-electron chi connectivity index (χ1n) is 6.45. The Hall–Kier alpha value is -1.60. The maximum atomic E-state index is 12.4. The van der Waals surface area contributed by atoms with Crippen molar-refractivity contribution in [2.45, 2.75) is 11.4 Å². The van der Waals surface area contributed by atoms with E-state index in [9.17, 15) is 13.2 Å². The average Bonchev–Trinajstić information content (AvgIpc) is 2.54. The monoisotopic (exact) mass is 373 g/mol. The van der Waals surface area contributed by atoms with Crippen LogP contribution in [-0.4, -0.2) is 21.5 Å². The van der Waals surface area contributed by atoms with Gasteiger partial charge in [-0.2, -0.15) is 0 Å². The Morgan fingerprint density at radius 2 is 1.78 bits per heavy atom. The van der Waals surface area contributed by atoms with Gasteiger partial charge in [-0.3, -0.25) is 0 Å². The van der Waals surface area contributed by atoms with Gasteiger partial charge in [-0.05, 0) is 35.9 Å². The molecule has 0 aliphatic rings. The zero-order valence-corrected chi connectivity index (χ0v) is 14.4. The van der Waals surface area contributed by atoms with E-state index < -0.39 is 16.0 Å². The Labute approximate surface area is 144 Å². The Kier molecular flexibility index (Phi) is 5.64. The third-order valence-corrected chi connectivity index (χ3v) is 5.16. The van der Waals surface area contributed by atoms with Crippen molar-refractivity contribution >= 4 is 39.2 Å². The first kappa shape index (κ1) is 17.7. The summed E-state index contributed by atoms with van der Waals surface area (Å²) < 4.78 is 31.8. The fourth-order valence-electron chi connectivity index (χ4n) is 1.81. The molecule has 0 unspecified atom stereocenters. The lowest BCUT2D eigenvalue weighted by Gasteiger charge is -2.10. The fraction of sp³-hybridized carbons (Fsp3) is 0.133. The molecule has 5 nitrogen and oxygen atoms in total. The quantitative estimate of drug-likeness (QED) is 0.816. The van der Waals surface area contributed by atoms with Crippen LogP contribution < -0.4 is 4.72 Å². The van der Waals surface area contributed by atoms with Gasteiger partial charge in [0.25, 0.3) is 0 Å². The van der Waals surface area contributed by atoms with Crippen molar-refractivity contribution in [2.75, 3.05) is 7.11 Å². The van der Waals surface area contributed by atoms with Crippen molar-refractivity contribution in [3.63, 3.8) is 0 Å². The Morgan fingerprint density at radius 3 is 2.39 bits per heavy atom. The molecule has 0 spiro atoms. The minimum atomic E-state index is -3.89. The summed E-state index contributed by atoms with van der Waals surface area (Å²) in [5.74, 6) is -0.643. The number of ether oxygens (including phenoxy) is 1. The number of sulfonamides is 1. The summed E-state index contributed by atoms with van der Waals surface area (Å²) in [6, 6.07) is 10.6. The smallest absolute Gasteiger partial charge is 0.337 e. The van der Waals surface area contributed by atoms with Crippen molar-refractivity contribution in [1.29, 1.82) is 0 Å². The maximum absolute atomic E-state index is 12.4. The van der Waals surface area contributed by atoms with Gasteiger partial charge in [-0.25, -0.2) is 17.9 Å². The maximum Gasteiger partial charge on any atom is 0.337 e.